The van der Waals surface area contributed by atoms with Gasteiger partial charge >= 0.3 is 5.97 Å². The molecule has 0 saturated carbocycles. The molecule has 0 saturated heterocycles. The molecule has 0 aliphatic rings. The summed E-state index contributed by atoms with van der Waals surface area (Å²) in [7, 11) is 1.18. The lowest BCUT2D eigenvalue weighted by molar-refractivity contribution is -0.149. The van der Waals surface area contributed by atoms with Crippen LogP contribution < -0.4 is 4.74 Å². The van der Waals surface area contributed by atoms with Crippen LogP contribution >= 0.6 is 0 Å². The number of esters is 1. The fourth-order valence-corrected chi connectivity index (χ4v) is 1.59. The number of carbonyl (C=O) groups is 2. The van der Waals surface area contributed by atoms with Gasteiger partial charge in [0.05, 0.1) is 12.7 Å². The minimum atomic E-state index is -1.58. The summed E-state index contributed by atoms with van der Waals surface area (Å²) in [5, 5.41) is 0. The highest BCUT2D eigenvalue weighted by atomic mass is 19.1. The lowest BCUT2D eigenvalue weighted by Crippen LogP contribution is -2.37. The van der Waals surface area contributed by atoms with E-state index in [9.17, 15) is 18.4 Å². The Morgan fingerprint density at radius 3 is 2.21 bits per heavy atom. The van der Waals surface area contributed by atoms with E-state index in [0.29, 0.717) is 0 Å². The van der Waals surface area contributed by atoms with Crippen LogP contribution in [0.5, 0.6) is 5.75 Å². The van der Waals surface area contributed by atoms with Gasteiger partial charge in [-0.15, -0.1) is 0 Å². The Hall–Kier alpha value is -1.98. The quantitative estimate of drug-likeness (QED) is 0.624. The number of halogens is 2. The van der Waals surface area contributed by atoms with Gasteiger partial charge in [-0.3, -0.25) is 9.59 Å². The Balaban J connectivity index is 3.20. The van der Waals surface area contributed by atoms with Gasteiger partial charge in [-0.25, -0.2) is 8.78 Å². The van der Waals surface area contributed by atoms with E-state index in [-0.39, 0.29) is 5.75 Å². The summed E-state index contributed by atoms with van der Waals surface area (Å²) in [5.74, 6) is -3.64. The van der Waals surface area contributed by atoms with Crippen LogP contribution in [-0.2, 0) is 9.53 Å². The average molecular weight is 272 g/mol. The molecule has 1 aromatic rings. The second-order valence-electron chi connectivity index (χ2n) is 4.40. The van der Waals surface area contributed by atoms with Gasteiger partial charge in [0.2, 0.25) is 5.78 Å². The maximum atomic E-state index is 13.7. The predicted octanol–water partition coefficient (Wildman–Crippen LogP) is 2.50. The topological polar surface area (TPSA) is 52.6 Å². The molecule has 0 bridgehead atoms. The van der Waals surface area contributed by atoms with Gasteiger partial charge in [-0.05, 0) is 19.9 Å². The normalized spacial score (nSPS) is 11.1. The van der Waals surface area contributed by atoms with Crippen molar-refractivity contribution in [3.63, 3.8) is 0 Å². The fourth-order valence-electron chi connectivity index (χ4n) is 1.59. The molecule has 0 heterocycles. The third-order valence-electron chi connectivity index (χ3n) is 2.43. The molecular weight excluding hydrogens is 258 g/mol. The number of methoxy groups -OCH3 is 1. The lowest BCUT2D eigenvalue weighted by Gasteiger charge is -2.23. The van der Waals surface area contributed by atoms with Crippen molar-refractivity contribution in [2.24, 2.45) is 0 Å². The van der Waals surface area contributed by atoms with Crippen LogP contribution in [0, 0.1) is 11.6 Å². The zero-order chi connectivity index (χ0) is 14.8. The Bertz CT molecular complexity index is 524. The molecule has 0 aliphatic carbocycles. The number of benzene rings is 1. The Labute approximate surface area is 109 Å². The zero-order valence-electron chi connectivity index (χ0n) is 11.0. The monoisotopic (exact) mass is 272 g/mol. The molecule has 6 heteroatoms. The van der Waals surface area contributed by atoms with Crippen LogP contribution in [0.25, 0.3) is 0 Å². The number of rotatable bonds is 4. The molecule has 0 spiro atoms. The molecule has 0 radical (unpaired) electrons. The molecule has 0 atom stereocenters. The van der Waals surface area contributed by atoms with Crippen LogP contribution in [0.4, 0.5) is 8.78 Å². The Morgan fingerprint density at radius 1 is 1.16 bits per heavy atom. The molecule has 0 N–H and O–H groups in total. The van der Waals surface area contributed by atoms with E-state index in [2.05, 4.69) is 4.74 Å². The number of ether oxygens (including phenoxy) is 2. The van der Waals surface area contributed by atoms with E-state index in [1.807, 2.05) is 0 Å². The van der Waals surface area contributed by atoms with E-state index in [1.165, 1.54) is 21.0 Å². The van der Waals surface area contributed by atoms with Crippen LogP contribution in [0.1, 0.15) is 31.1 Å². The van der Waals surface area contributed by atoms with E-state index in [1.54, 1.807) is 0 Å². The van der Waals surface area contributed by atoms with E-state index in [0.717, 1.165) is 19.1 Å². The number of ketones is 1. The van der Waals surface area contributed by atoms with Gasteiger partial charge in [-0.1, -0.05) is 0 Å². The van der Waals surface area contributed by atoms with Crippen molar-refractivity contribution in [1.29, 1.82) is 0 Å². The molecular formula is C13H14F2O4. The molecule has 19 heavy (non-hydrogen) atoms. The second-order valence-corrected chi connectivity index (χ2v) is 4.40. The number of Topliss-reactive ketones (excluding diaryl/α,β-unsaturated/α-hetero) is 1. The van der Waals surface area contributed by atoms with Crippen molar-refractivity contribution in [2.45, 2.75) is 26.4 Å². The van der Waals surface area contributed by atoms with E-state index < -0.39 is 34.6 Å². The summed E-state index contributed by atoms with van der Waals surface area (Å²) in [6, 6.07) is 1.49. The summed E-state index contributed by atoms with van der Waals surface area (Å²) in [6.45, 7) is 3.73. The maximum absolute atomic E-state index is 13.7. The number of hydrogen-bond donors (Lipinski definition) is 0. The van der Waals surface area contributed by atoms with Crippen molar-refractivity contribution < 1.29 is 27.8 Å². The van der Waals surface area contributed by atoms with Crippen molar-refractivity contribution in [1.82, 2.24) is 0 Å². The highest BCUT2D eigenvalue weighted by Crippen LogP contribution is 2.25. The standard InChI is InChI=1S/C13H14F2O4/c1-7(16)19-13(2,3)12(17)8-5-10(15)11(18-4)6-9(8)14/h5-6H,1-4H3. The van der Waals surface area contributed by atoms with Crippen LogP contribution in [-0.4, -0.2) is 24.5 Å². The first kappa shape index (κ1) is 15.1. The van der Waals surface area contributed by atoms with Crippen LogP contribution in [0.2, 0.25) is 0 Å². The van der Waals surface area contributed by atoms with Crippen LogP contribution in [0.3, 0.4) is 0 Å². The summed E-state index contributed by atoms with van der Waals surface area (Å²) >= 11 is 0. The van der Waals surface area contributed by atoms with E-state index in [4.69, 9.17) is 4.74 Å². The summed E-state index contributed by atoms with van der Waals surface area (Å²) in [5.41, 5.74) is -2.07. The molecule has 4 nitrogen and oxygen atoms in total. The number of carbonyl (C=O) groups excluding carboxylic acids is 2. The first-order chi connectivity index (χ1) is 8.69. The van der Waals surface area contributed by atoms with Gasteiger partial charge in [0, 0.05) is 13.0 Å². The molecule has 0 aliphatic heterocycles. The highest BCUT2D eigenvalue weighted by Gasteiger charge is 2.34. The molecule has 104 valence electrons. The lowest BCUT2D eigenvalue weighted by atomic mass is 9.95. The van der Waals surface area contributed by atoms with Crippen molar-refractivity contribution in [3.8, 4) is 5.75 Å². The Morgan fingerprint density at radius 2 is 1.74 bits per heavy atom. The molecule has 0 fully saturated rings. The minimum absolute atomic E-state index is 0.306. The zero-order valence-corrected chi connectivity index (χ0v) is 11.0. The predicted molar refractivity (Wildman–Crippen MR) is 63.1 cm³/mol. The third-order valence-corrected chi connectivity index (χ3v) is 2.43. The fraction of sp³-hybridized carbons (Fsp3) is 0.385. The average Bonchev–Trinajstić information content (AvgIpc) is 2.29. The van der Waals surface area contributed by atoms with Crippen molar-refractivity contribution in [2.75, 3.05) is 7.11 Å². The smallest absolute Gasteiger partial charge is 0.303 e. The van der Waals surface area contributed by atoms with Crippen molar-refractivity contribution >= 4 is 11.8 Å². The van der Waals surface area contributed by atoms with Gasteiger partial charge in [0.15, 0.2) is 17.2 Å². The summed E-state index contributed by atoms with van der Waals surface area (Å²) in [6.07, 6.45) is 0. The van der Waals surface area contributed by atoms with Gasteiger partial charge in [0.1, 0.15) is 5.82 Å². The first-order valence-electron chi connectivity index (χ1n) is 5.46. The molecule has 0 amide bonds. The first-order valence-corrected chi connectivity index (χ1v) is 5.46. The third kappa shape index (κ3) is 3.27. The maximum Gasteiger partial charge on any atom is 0.303 e. The Kier molecular flexibility index (Phi) is 4.24. The molecule has 1 aromatic carbocycles. The van der Waals surface area contributed by atoms with Gasteiger partial charge in [0.25, 0.3) is 0 Å². The van der Waals surface area contributed by atoms with Gasteiger partial charge < -0.3 is 9.47 Å². The molecule has 0 unspecified atom stereocenters. The SMILES string of the molecule is COc1cc(F)c(C(=O)C(C)(C)OC(C)=O)cc1F. The van der Waals surface area contributed by atoms with E-state index >= 15 is 0 Å². The van der Waals surface area contributed by atoms with Gasteiger partial charge in [-0.2, -0.15) is 0 Å². The molecule has 1 rings (SSSR count). The largest absolute Gasteiger partial charge is 0.494 e. The molecule has 0 aromatic heterocycles. The number of hydrogen-bond acceptors (Lipinski definition) is 4. The summed E-state index contributed by atoms with van der Waals surface area (Å²) in [4.78, 5) is 22.9. The summed E-state index contributed by atoms with van der Waals surface area (Å²) < 4.78 is 36.6. The second kappa shape index (κ2) is 5.34. The van der Waals surface area contributed by atoms with Crippen molar-refractivity contribution in [3.05, 3.63) is 29.3 Å². The minimum Gasteiger partial charge on any atom is -0.494 e. The van der Waals surface area contributed by atoms with Crippen LogP contribution in [0.15, 0.2) is 12.1 Å². The highest BCUT2D eigenvalue weighted by molar-refractivity contribution is 6.03.